The molecule has 1 aromatic carbocycles. The van der Waals surface area contributed by atoms with Gasteiger partial charge in [0.15, 0.2) is 0 Å². The van der Waals surface area contributed by atoms with Gasteiger partial charge in [-0.15, -0.1) is 0 Å². The smallest absolute Gasteiger partial charge is 0.310 e. The predicted octanol–water partition coefficient (Wildman–Crippen LogP) is 2.49. The fraction of sp³-hybridized carbons (Fsp3) is 0.250. The molecule has 0 aliphatic heterocycles. The third-order valence-electron chi connectivity index (χ3n) is 1.22. The van der Waals surface area contributed by atoms with Crippen LogP contribution in [0, 0.1) is 13.8 Å². The van der Waals surface area contributed by atoms with Crippen molar-refractivity contribution in [1.82, 2.24) is 0 Å². The maximum Gasteiger partial charge on any atom is 0.324 e. The number of hydrogen-bond donors (Lipinski definition) is 1. The zero-order valence-electron chi connectivity index (χ0n) is 7.32. The molecule has 0 radical (unpaired) electrons. The van der Waals surface area contributed by atoms with E-state index in [-0.39, 0.29) is 19.5 Å². The van der Waals surface area contributed by atoms with Crippen LogP contribution in [0.1, 0.15) is 11.1 Å². The summed E-state index contributed by atoms with van der Waals surface area (Å²) in [6.45, 7) is 4.19. The fourth-order valence-electron chi connectivity index (χ4n) is 0.637. The summed E-state index contributed by atoms with van der Waals surface area (Å²) in [6.07, 6.45) is 0. The predicted molar refractivity (Wildman–Crippen MR) is 45.7 cm³/mol. The van der Waals surface area contributed by atoms with Crippen LogP contribution in [0.25, 0.3) is 0 Å². The second-order valence-corrected chi connectivity index (χ2v) is 2.40. The van der Waals surface area contributed by atoms with Crippen LogP contribution in [0.3, 0.4) is 0 Å². The Bertz CT molecular complexity index is 190. The molecule has 0 spiro atoms. The molecule has 1 aromatic rings. The maximum atomic E-state index is 8.46. The van der Waals surface area contributed by atoms with Crippen LogP contribution < -0.4 is 0 Å². The molecular weight excluding hydrogens is 224 g/mol. The minimum atomic E-state index is -0.833. The SMILES string of the molecule is Cc1ccc(C)cc1.O=PO.[Zn]. The van der Waals surface area contributed by atoms with Crippen LogP contribution in [0.2, 0.25) is 0 Å². The minimum Gasteiger partial charge on any atom is -0.310 e. The zero-order valence-corrected chi connectivity index (χ0v) is 11.2. The van der Waals surface area contributed by atoms with Crippen molar-refractivity contribution < 1.29 is 28.9 Å². The van der Waals surface area contributed by atoms with Gasteiger partial charge >= 0.3 is 8.69 Å². The van der Waals surface area contributed by atoms with Crippen molar-refractivity contribution in [2.24, 2.45) is 0 Å². The van der Waals surface area contributed by atoms with Crippen molar-refractivity contribution in [1.29, 1.82) is 0 Å². The van der Waals surface area contributed by atoms with E-state index >= 15 is 0 Å². The maximum absolute atomic E-state index is 8.46. The molecule has 0 heterocycles. The van der Waals surface area contributed by atoms with Gasteiger partial charge in [0.1, 0.15) is 0 Å². The van der Waals surface area contributed by atoms with Gasteiger partial charge in [-0.3, -0.25) is 0 Å². The Hall–Kier alpha value is -0.0966. The van der Waals surface area contributed by atoms with E-state index in [1.807, 2.05) is 0 Å². The van der Waals surface area contributed by atoms with Gasteiger partial charge in [-0.05, 0) is 13.8 Å². The third-order valence-corrected chi connectivity index (χ3v) is 1.22. The second-order valence-electron chi connectivity index (χ2n) is 2.24. The van der Waals surface area contributed by atoms with Gasteiger partial charge < -0.3 is 4.89 Å². The molecule has 1 N–H and O–H groups in total. The first kappa shape index (κ1) is 14.4. The Morgan fingerprint density at radius 1 is 1.08 bits per heavy atom. The summed E-state index contributed by atoms with van der Waals surface area (Å²) < 4.78 is 8.46. The van der Waals surface area contributed by atoms with E-state index in [1.165, 1.54) is 11.1 Å². The number of rotatable bonds is 0. The van der Waals surface area contributed by atoms with Gasteiger partial charge in [0.25, 0.3) is 0 Å². The van der Waals surface area contributed by atoms with Crippen molar-refractivity contribution in [3.63, 3.8) is 0 Å². The number of benzene rings is 1. The summed E-state index contributed by atoms with van der Waals surface area (Å²) in [6, 6.07) is 8.48. The Kier molecular flexibility index (Phi) is 10.8. The quantitative estimate of drug-likeness (QED) is 0.554. The average Bonchev–Trinajstić information content (AvgIpc) is 1.97. The van der Waals surface area contributed by atoms with E-state index in [0.29, 0.717) is 0 Å². The monoisotopic (exact) mass is 234 g/mol. The molecule has 12 heavy (non-hydrogen) atoms. The summed E-state index contributed by atoms with van der Waals surface area (Å²) >= 11 is 0. The first-order valence-electron chi connectivity index (χ1n) is 3.20. The summed E-state index contributed by atoms with van der Waals surface area (Å²) in [5, 5.41) is 0. The molecular formula is C8H11O2PZn. The van der Waals surface area contributed by atoms with Crippen molar-refractivity contribution >= 4 is 8.69 Å². The van der Waals surface area contributed by atoms with E-state index in [2.05, 4.69) is 38.1 Å². The molecule has 4 heteroatoms. The molecule has 0 fully saturated rings. The molecule has 0 saturated carbocycles. The van der Waals surface area contributed by atoms with Crippen LogP contribution >= 0.6 is 8.69 Å². The third kappa shape index (κ3) is 8.00. The fourth-order valence-corrected chi connectivity index (χ4v) is 0.637. The largest absolute Gasteiger partial charge is 0.324 e. The van der Waals surface area contributed by atoms with Crippen LogP contribution in [0.15, 0.2) is 24.3 Å². The van der Waals surface area contributed by atoms with Crippen molar-refractivity contribution in [3.05, 3.63) is 35.4 Å². The van der Waals surface area contributed by atoms with E-state index < -0.39 is 8.69 Å². The van der Waals surface area contributed by atoms with Crippen molar-refractivity contribution in [2.75, 3.05) is 0 Å². The summed E-state index contributed by atoms with van der Waals surface area (Å²) in [5.74, 6) is 0. The Morgan fingerprint density at radius 2 is 1.25 bits per heavy atom. The molecule has 0 aliphatic rings. The summed E-state index contributed by atoms with van der Waals surface area (Å²) in [5.41, 5.74) is 2.66. The molecule has 1 rings (SSSR count). The van der Waals surface area contributed by atoms with E-state index in [9.17, 15) is 0 Å². The van der Waals surface area contributed by atoms with Gasteiger partial charge in [0.2, 0.25) is 0 Å². The normalized spacial score (nSPS) is 7.92. The molecule has 0 amide bonds. The number of hydrogen-bond acceptors (Lipinski definition) is 1. The van der Waals surface area contributed by atoms with E-state index in [4.69, 9.17) is 9.46 Å². The standard InChI is InChI=1S/C8H10.HO2P.Zn/c1-7-3-5-8(2)6-4-7;1-3-2;/h3-6H,1-2H3;(H,1,2);. The van der Waals surface area contributed by atoms with Gasteiger partial charge in [0, 0.05) is 19.5 Å². The van der Waals surface area contributed by atoms with Crippen LogP contribution in [-0.2, 0) is 24.0 Å². The Balaban J connectivity index is 0. The van der Waals surface area contributed by atoms with Gasteiger partial charge in [0.05, 0.1) is 0 Å². The van der Waals surface area contributed by atoms with Gasteiger partial charge in [-0.2, -0.15) is 0 Å². The van der Waals surface area contributed by atoms with Crippen LogP contribution in [0.4, 0.5) is 0 Å². The summed E-state index contributed by atoms with van der Waals surface area (Å²) in [7, 11) is -0.833. The van der Waals surface area contributed by atoms with Crippen molar-refractivity contribution in [3.8, 4) is 0 Å². The first-order chi connectivity index (χ1) is 5.20. The van der Waals surface area contributed by atoms with E-state index in [0.717, 1.165) is 0 Å². The topological polar surface area (TPSA) is 37.3 Å². The molecule has 0 unspecified atom stereocenters. The van der Waals surface area contributed by atoms with Gasteiger partial charge in [-0.25, -0.2) is 4.57 Å². The van der Waals surface area contributed by atoms with Crippen LogP contribution in [-0.4, -0.2) is 4.89 Å². The van der Waals surface area contributed by atoms with Crippen molar-refractivity contribution in [2.45, 2.75) is 13.8 Å². The summed E-state index contributed by atoms with van der Waals surface area (Å²) in [4.78, 5) is 6.99. The first-order valence-corrected chi connectivity index (χ1v) is 3.97. The molecule has 0 atom stereocenters. The molecule has 0 aliphatic carbocycles. The van der Waals surface area contributed by atoms with E-state index in [1.54, 1.807) is 0 Å². The second kappa shape index (κ2) is 9.00. The Labute approximate surface area is 87.1 Å². The average molecular weight is 236 g/mol. The Morgan fingerprint density at radius 3 is 1.42 bits per heavy atom. The van der Waals surface area contributed by atoms with Crippen LogP contribution in [0.5, 0.6) is 0 Å². The van der Waals surface area contributed by atoms with Gasteiger partial charge in [-0.1, -0.05) is 35.4 Å². The minimum absolute atomic E-state index is 0. The number of aryl methyl sites for hydroxylation is 2. The molecule has 0 aromatic heterocycles. The molecule has 0 saturated heterocycles. The molecule has 0 bridgehead atoms. The molecule has 62 valence electrons. The molecule has 2 nitrogen and oxygen atoms in total. The zero-order chi connectivity index (χ0) is 8.69.